The van der Waals surface area contributed by atoms with Gasteiger partial charge in [0.05, 0.1) is 5.56 Å². The Morgan fingerprint density at radius 1 is 0.821 bits per heavy atom. The smallest absolute Gasteiger partial charge is 0.264 e. The fraction of sp³-hybridized carbons (Fsp3) is 0. The monoisotopic (exact) mass is 367 g/mol. The summed E-state index contributed by atoms with van der Waals surface area (Å²) < 4.78 is 0. The first kappa shape index (κ1) is 16.2. The van der Waals surface area contributed by atoms with Gasteiger partial charge in [-0.3, -0.25) is 9.69 Å². The van der Waals surface area contributed by atoms with Gasteiger partial charge in [0.25, 0.3) is 5.91 Å². The minimum absolute atomic E-state index is 0.141. The van der Waals surface area contributed by atoms with Crippen molar-refractivity contribution in [1.82, 2.24) is 9.97 Å². The van der Waals surface area contributed by atoms with Crippen LogP contribution >= 0.6 is 0 Å². The molecule has 2 heterocycles. The summed E-state index contributed by atoms with van der Waals surface area (Å²) in [7, 11) is 0. The van der Waals surface area contributed by atoms with Crippen LogP contribution in [0, 0.1) is 0 Å². The number of aromatic nitrogens is 2. The number of aromatic amines is 2. The van der Waals surface area contributed by atoms with E-state index in [0.717, 1.165) is 27.5 Å². The lowest BCUT2D eigenvalue weighted by Crippen LogP contribution is -2.25. The number of H-pyrrole nitrogens is 2. The van der Waals surface area contributed by atoms with Crippen molar-refractivity contribution in [2.24, 2.45) is 0 Å². The van der Waals surface area contributed by atoms with Gasteiger partial charge in [-0.05, 0) is 54.6 Å². The second-order valence-corrected chi connectivity index (χ2v) is 6.65. The van der Waals surface area contributed by atoms with Crippen molar-refractivity contribution in [2.45, 2.75) is 0 Å². The lowest BCUT2D eigenvalue weighted by molar-refractivity contribution is 0.100. The number of phenols is 1. The highest BCUT2D eigenvalue weighted by Gasteiger charge is 2.23. The van der Waals surface area contributed by atoms with E-state index in [1.54, 1.807) is 35.4 Å². The topological polar surface area (TPSA) is 72.1 Å². The fourth-order valence-corrected chi connectivity index (χ4v) is 3.53. The number of fused-ring (bicyclic) bond motifs is 2. The van der Waals surface area contributed by atoms with E-state index in [9.17, 15) is 9.90 Å². The van der Waals surface area contributed by atoms with Crippen molar-refractivity contribution in [3.05, 3.63) is 90.8 Å². The molecule has 0 radical (unpaired) electrons. The number of rotatable bonds is 3. The molecule has 0 atom stereocenters. The van der Waals surface area contributed by atoms with Gasteiger partial charge in [-0.1, -0.05) is 18.2 Å². The van der Waals surface area contributed by atoms with E-state index in [4.69, 9.17) is 0 Å². The van der Waals surface area contributed by atoms with Gasteiger partial charge in [-0.2, -0.15) is 0 Å². The van der Waals surface area contributed by atoms with Crippen LogP contribution in [0.2, 0.25) is 0 Å². The number of para-hydroxylation sites is 1. The van der Waals surface area contributed by atoms with Crippen LogP contribution in [-0.4, -0.2) is 21.0 Å². The van der Waals surface area contributed by atoms with Crippen LogP contribution in [0.3, 0.4) is 0 Å². The normalized spacial score (nSPS) is 11.1. The summed E-state index contributed by atoms with van der Waals surface area (Å²) in [4.78, 5) is 21.6. The first-order chi connectivity index (χ1) is 13.7. The number of carbonyl (C=O) groups excluding carboxylic acids is 1. The van der Waals surface area contributed by atoms with E-state index in [0.29, 0.717) is 11.3 Å². The molecule has 0 aliphatic rings. The summed E-state index contributed by atoms with van der Waals surface area (Å²) in [6, 6.07) is 22.2. The average molecular weight is 367 g/mol. The number of aromatic hydroxyl groups is 1. The highest BCUT2D eigenvalue weighted by Crippen LogP contribution is 2.32. The van der Waals surface area contributed by atoms with Crippen molar-refractivity contribution in [3.8, 4) is 5.75 Å². The fourth-order valence-electron chi connectivity index (χ4n) is 3.53. The number of hydrogen-bond acceptors (Lipinski definition) is 2. The van der Waals surface area contributed by atoms with Crippen molar-refractivity contribution in [1.29, 1.82) is 0 Å². The number of nitrogens with one attached hydrogen (secondary N) is 2. The van der Waals surface area contributed by atoms with Gasteiger partial charge in [0.1, 0.15) is 5.75 Å². The van der Waals surface area contributed by atoms with Gasteiger partial charge in [-0.25, -0.2) is 0 Å². The Bertz CT molecular complexity index is 1300. The maximum absolute atomic E-state index is 13.6. The quantitative estimate of drug-likeness (QED) is 0.403. The minimum Gasteiger partial charge on any atom is -0.508 e. The predicted octanol–water partition coefficient (Wildman–Crippen LogP) is 5.33. The standard InChI is InChI=1S/C23H17N3O2/c27-18-8-5-16(6-9-18)26(17-7-10-21-15(13-17)11-12-24-21)23(28)20-14-25-22-4-2-1-3-19(20)22/h1-14,24-25,27H. The maximum atomic E-state index is 13.6. The van der Waals surface area contributed by atoms with E-state index in [-0.39, 0.29) is 11.7 Å². The number of carbonyl (C=O) groups is 1. The predicted molar refractivity (Wildman–Crippen MR) is 111 cm³/mol. The molecule has 3 N–H and O–H groups in total. The number of nitrogens with zero attached hydrogens (tertiary/aromatic N) is 1. The first-order valence-electron chi connectivity index (χ1n) is 8.97. The zero-order chi connectivity index (χ0) is 19.1. The molecular weight excluding hydrogens is 350 g/mol. The Labute approximate surface area is 160 Å². The van der Waals surface area contributed by atoms with E-state index >= 15 is 0 Å². The molecule has 0 saturated carbocycles. The van der Waals surface area contributed by atoms with E-state index in [1.807, 2.05) is 54.7 Å². The summed E-state index contributed by atoms with van der Waals surface area (Å²) in [6.45, 7) is 0. The molecular formula is C23H17N3O2. The van der Waals surface area contributed by atoms with Gasteiger partial charge in [0.15, 0.2) is 0 Å². The van der Waals surface area contributed by atoms with Gasteiger partial charge in [0, 0.05) is 45.6 Å². The molecule has 0 unspecified atom stereocenters. The lowest BCUT2D eigenvalue weighted by atomic mass is 10.1. The Morgan fingerprint density at radius 3 is 2.46 bits per heavy atom. The molecule has 3 aromatic carbocycles. The Morgan fingerprint density at radius 2 is 1.61 bits per heavy atom. The number of benzene rings is 3. The Kier molecular flexibility index (Phi) is 3.66. The average Bonchev–Trinajstić information content (AvgIpc) is 3.36. The van der Waals surface area contributed by atoms with Crippen LogP contribution in [0.1, 0.15) is 10.4 Å². The molecule has 2 aromatic heterocycles. The zero-order valence-corrected chi connectivity index (χ0v) is 14.9. The van der Waals surface area contributed by atoms with Crippen LogP contribution in [0.25, 0.3) is 21.8 Å². The van der Waals surface area contributed by atoms with Crippen LogP contribution in [0.15, 0.2) is 85.2 Å². The number of hydrogen-bond donors (Lipinski definition) is 3. The van der Waals surface area contributed by atoms with Crippen LogP contribution in [-0.2, 0) is 0 Å². The van der Waals surface area contributed by atoms with E-state index in [2.05, 4.69) is 9.97 Å². The molecule has 0 aliphatic heterocycles. The molecule has 5 heteroatoms. The SMILES string of the molecule is O=C(c1c[nH]c2ccccc12)N(c1ccc(O)cc1)c1ccc2[nH]ccc2c1. The third-order valence-corrected chi connectivity index (χ3v) is 4.93. The van der Waals surface area contributed by atoms with Crippen molar-refractivity contribution >= 4 is 39.1 Å². The summed E-state index contributed by atoms with van der Waals surface area (Å²) >= 11 is 0. The summed E-state index contributed by atoms with van der Waals surface area (Å²) in [5.74, 6) is 0.0161. The van der Waals surface area contributed by atoms with Gasteiger partial charge in [-0.15, -0.1) is 0 Å². The molecule has 0 aliphatic carbocycles. The van der Waals surface area contributed by atoms with Crippen LogP contribution in [0.5, 0.6) is 5.75 Å². The van der Waals surface area contributed by atoms with Crippen molar-refractivity contribution in [2.75, 3.05) is 4.90 Å². The third kappa shape index (κ3) is 2.61. The number of phenolic OH excluding ortho intramolecular Hbond substituents is 1. The first-order valence-corrected chi connectivity index (χ1v) is 8.97. The van der Waals surface area contributed by atoms with E-state index < -0.39 is 0 Å². The highest BCUT2D eigenvalue weighted by atomic mass is 16.3. The Hall–Kier alpha value is -3.99. The zero-order valence-electron chi connectivity index (χ0n) is 14.9. The maximum Gasteiger partial charge on any atom is 0.264 e. The number of anilines is 2. The van der Waals surface area contributed by atoms with Crippen LogP contribution < -0.4 is 4.90 Å². The Balaban J connectivity index is 1.68. The van der Waals surface area contributed by atoms with Gasteiger partial charge in [0.2, 0.25) is 0 Å². The molecule has 0 spiro atoms. The molecule has 5 rings (SSSR count). The van der Waals surface area contributed by atoms with Gasteiger partial charge < -0.3 is 15.1 Å². The molecule has 0 saturated heterocycles. The second-order valence-electron chi connectivity index (χ2n) is 6.65. The molecule has 5 nitrogen and oxygen atoms in total. The molecule has 5 aromatic rings. The molecule has 28 heavy (non-hydrogen) atoms. The van der Waals surface area contributed by atoms with E-state index in [1.165, 1.54) is 0 Å². The molecule has 0 fully saturated rings. The molecule has 136 valence electrons. The van der Waals surface area contributed by atoms with Gasteiger partial charge >= 0.3 is 0 Å². The van der Waals surface area contributed by atoms with Crippen molar-refractivity contribution < 1.29 is 9.90 Å². The minimum atomic E-state index is -0.141. The van der Waals surface area contributed by atoms with Crippen LogP contribution in [0.4, 0.5) is 11.4 Å². The van der Waals surface area contributed by atoms with Crippen molar-refractivity contribution in [3.63, 3.8) is 0 Å². The highest BCUT2D eigenvalue weighted by molar-refractivity contribution is 6.17. The largest absolute Gasteiger partial charge is 0.508 e. The summed E-state index contributed by atoms with van der Waals surface area (Å²) in [5, 5.41) is 11.6. The lowest BCUT2D eigenvalue weighted by Gasteiger charge is -2.23. The molecule has 0 bridgehead atoms. The second kappa shape index (κ2) is 6.32. The third-order valence-electron chi connectivity index (χ3n) is 4.93. The summed E-state index contributed by atoms with van der Waals surface area (Å²) in [5.41, 5.74) is 3.96. The summed E-state index contributed by atoms with van der Waals surface area (Å²) in [6.07, 6.45) is 3.62. The molecule has 1 amide bonds. The number of amides is 1.